The van der Waals surface area contributed by atoms with Gasteiger partial charge in [-0.1, -0.05) is 220 Å². The zero-order valence-corrected chi connectivity index (χ0v) is 64.8. The first-order valence-electron chi connectivity index (χ1n) is 40.5. The normalized spacial score (nSPS) is 35.6. The summed E-state index contributed by atoms with van der Waals surface area (Å²) in [5.74, 6) is 1.12. The Labute approximate surface area is 645 Å². The van der Waals surface area contributed by atoms with Crippen molar-refractivity contribution in [1.29, 1.82) is 0 Å². The van der Waals surface area contributed by atoms with Crippen LogP contribution in [0.2, 0.25) is 0 Å². The molecule has 15 heteroatoms. The van der Waals surface area contributed by atoms with Crippen molar-refractivity contribution in [2.45, 2.75) is 256 Å². The summed E-state index contributed by atoms with van der Waals surface area (Å²) < 4.78 is 52.8. The molecule has 6 saturated heterocycles. The molecule has 16 rings (SSSR count). The van der Waals surface area contributed by atoms with Gasteiger partial charge in [-0.15, -0.1) is 0 Å². The Hall–Kier alpha value is -8.24. The Morgan fingerprint density at radius 2 is 0.899 bits per heavy atom. The van der Waals surface area contributed by atoms with Gasteiger partial charge >= 0.3 is 29.8 Å². The number of benzene rings is 6. The average Bonchev–Trinajstić information content (AvgIpc) is 1.55. The summed E-state index contributed by atoms with van der Waals surface area (Å²) in [5.41, 5.74) is 1.46. The maximum Gasteiger partial charge on any atom is 0.338 e. The van der Waals surface area contributed by atoms with Crippen LogP contribution in [-0.2, 0) is 73.1 Å². The quantitative estimate of drug-likeness (QED) is 0.0516. The average molecular weight is 1480 g/mol. The number of amides is 1. The van der Waals surface area contributed by atoms with Crippen molar-refractivity contribution in [3.63, 3.8) is 0 Å². The lowest BCUT2D eigenvalue weighted by Crippen LogP contribution is -2.63. The van der Waals surface area contributed by atoms with E-state index in [1.54, 1.807) is 12.2 Å². The minimum absolute atomic E-state index is 0. The zero-order valence-electron chi connectivity index (χ0n) is 64.8. The SMILES string of the molecule is C.CCC(=O)NC1CC2(c3ccccc3)OC1(C)C1CCC(C)C1C2OC(=O)/C=C/c1ccccc1.CCC(=O)OC1CC2(C3CCCCC3)OC1(C)C1CCC(C)C1C2OC(=O)c1ccc2ccccc2c1C.CCC(=O)OC1CC2(c3ccccc3)OC1(C)C1CCC(C)C1C2OC(=O)/C=C/c1ccccc1. The lowest BCUT2D eigenvalue weighted by Gasteiger charge is -2.54. The third-order valence-corrected chi connectivity index (χ3v) is 27.7. The first kappa shape index (κ1) is 78.9. The first-order valence-corrected chi connectivity index (χ1v) is 40.5. The number of rotatable bonds is 17. The van der Waals surface area contributed by atoms with Gasteiger partial charge in [-0.2, -0.15) is 0 Å². The summed E-state index contributed by atoms with van der Waals surface area (Å²) in [6.45, 7) is 20.8. The molecule has 4 aliphatic carbocycles. The fraction of sp³-hybridized carbons (Fsp3) is 0.532. The Kier molecular flexibility index (Phi) is 23.3. The van der Waals surface area contributed by atoms with E-state index in [-0.39, 0.29) is 96.9 Å². The predicted octanol–water partition coefficient (Wildman–Crippen LogP) is 18.7. The molecular weight excluding hydrogens is 1370 g/mol. The molecule has 109 heavy (non-hydrogen) atoms. The van der Waals surface area contributed by atoms with Gasteiger partial charge < -0.3 is 43.2 Å². The highest BCUT2D eigenvalue weighted by Crippen LogP contribution is 2.68. The van der Waals surface area contributed by atoms with Crippen LogP contribution in [0.1, 0.15) is 217 Å². The Morgan fingerprint density at radius 1 is 0.459 bits per heavy atom. The summed E-state index contributed by atoms with van der Waals surface area (Å²) in [4.78, 5) is 77.8. The van der Waals surface area contributed by atoms with E-state index < -0.39 is 51.9 Å². The number of carbonyl (C=O) groups excluding carboxylic acids is 6. The number of hydrogen-bond acceptors (Lipinski definition) is 14. The van der Waals surface area contributed by atoms with Crippen LogP contribution >= 0.6 is 0 Å². The van der Waals surface area contributed by atoms with E-state index in [9.17, 15) is 28.8 Å². The molecular formula is C94H115NO14. The molecule has 6 heterocycles. The maximum absolute atomic E-state index is 14.0. The van der Waals surface area contributed by atoms with Gasteiger partial charge in [0.05, 0.1) is 17.2 Å². The molecule has 6 aliphatic heterocycles. The van der Waals surface area contributed by atoms with Crippen LogP contribution in [0.25, 0.3) is 22.9 Å². The third kappa shape index (κ3) is 14.6. The standard InChI is InChI=1S/C33H42O5.C30H35NO4.C30H34O5.CH4/c1-5-28(34)36-27-19-33(23-12-7-6-8-13-23)30(29-20(2)15-18-26(29)32(27,4)38-33)37-31(35)25-17-16-22-11-9-10-14-24(22)21(25)3;1-4-25(32)31-24-19-30(22-13-9-6-10-14-22)28(27-20(2)15-17-23(27)29(24,3)35-30)34-26(33)18-16-21-11-7-5-8-12-21;1-4-25(31)33-24-19-30(22-13-9-6-10-14-22)28(27-20(2)15-17-23(27)29(24,3)35-30)34-26(32)18-16-21-11-7-5-8-12-21;/h9-11,14,16-17,20,23,26-27,29-30H,5-8,12-13,15,18-19H2,1-4H3;5-14,16,18,20,23-24,27-28H,4,15,17,19H2,1-3H3,(H,31,32);5-14,16,18,20,23-24,27-28H,4,15,17,19H2,1-3H3;1H4/b;2*18-16+;. The Bertz CT molecular complexity index is 4120. The predicted molar refractivity (Wildman–Crippen MR) is 422 cm³/mol. The van der Waals surface area contributed by atoms with E-state index in [2.05, 4.69) is 71.1 Å². The van der Waals surface area contributed by atoms with Gasteiger partial charge in [0.25, 0.3) is 0 Å². The number of aryl methyl sites for hydroxylation is 1. The fourth-order valence-electron chi connectivity index (χ4n) is 22.3. The fourth-order valence-corrected chi connectivity index (χ4v) is 22.3. The summed E-state index contributed by atoms with van der Waals surface area (Å²) >= 11 is 0. The van der Waals surface area contributed by atoms with Crippen LogP contribution in [0, 0.1) is 66.1 Å². The topological polar surface area (TPSA) is 188 Å². The van der Waals surface area contributed by atoms with E-state index in [0.717, 1.165) is 90.0 Å². The second-order valence-electron chi connectivity index (χ2n) is 33.6. The van der Waals surface area contributed by atoms with Gasteiger partial charge in [-0.05, 0) is 177 Å². The van der Waals surface area contributed by atoms with Gasteiger partial charge in [-0.3, -0.25) is 14.4 Å². The molecule has 21 atom stereocenters. The van der Waals surface area contributed by atoms with Crippen molar-refractivity contribution in [2.24, 2.45) is 59.2 Å². The molecule has 0 spiro atoms. The van der Waals surface area contributed by atoms with Gasteiger partial charge in [-0.25, -0.2) is 14.4 Å². The second-order valence-corrected chi connectivity index (χ2v) is 33.6. The van der Waals surface area contributed by atoms with Crippen molar-refractivity contribution in [3.05, 3.63) is 203 Å². The highest BCUT2D eigenvalue weighted by molar-refractivity contribution is 5.99. The molecule has 1 N–H and O–H groups in total. The smallest absolute Gasteiger partial charge is 0.338 e. The highest BCUT2D eigenvalue weighted by Gasteiger charge is 2.75. The molecule has 6 aromatic rings. The third-order valence-electron chi connectivity index (χ3n) is 27.7. The lowest BCUT2D eigenvalue weighted by atomic mass is 9.66. The number of ether oxygens (including phenoxy) is 8. The van der Waals surface area contributed by atoms with E-state index in [4.69, 9.17) is 37.9 Å². The molecule has 1 amide bonds. The van der Waals surface area contributed by atoms with Crippen LogP contribution in [0.5, 0.6) is 0 Å². The maximum atomic E-state index is 14.0. The highest BCUT2D eigenvalue weighted by atomic mass is 16.6. The zero-order chi connectivity index (χ0) is 75.9. The summed E-state index contributed by atoms with van der Waals surface area (Å²) in [6.07, 6.45) is 19.2. The molecule has 6 aromatic carbocycles. The summed E-state index contributed by atoms with van der Waals surface area (Å²) in [6, 6.07) is 51.5. The van der Waals surface area contributed by atoms with Crippen molar-refractivity contribution >= 4 is 58.7 Å². The van der Waals surface area contributed by atoms with E-state index in [1.165, 1.54) is 31.4 Å². The van der Waals surface area contributed by atoms with E-state index >= 15 is 0 Å². The molecule has 4 saturated carbocycles. The van der Waals surface area contributed by atoms with Crippen molar-refractivity contribution in [2.75, 3.05) is 0 Å². The van der Waals surface area contributed by atoms with Crippen LogP contribution < -0.4 is 5.32 Å². The molecule has 21 unspecified atom stereocenters. The number of fused-ring (bicyclic) bond motifs is 13. The van der Waals surface area contributed by atoms with Gasteiger partial charge in [0.2, 0.25) is 5.91 Å². The first-order chi connectivity index (χ1) is 52.0. The van der Waals surface area contributed by atoms with Crippen molar-refractivity contribution in [3.8, 4) is 0 Å². The molecule has 580 valence electrons. The van der Waals surface area contributed by atoms with Crippen LogP contribution in [0.15, 0.2) is 170 Å². The molecule has 0 aromatic heterocycles. The van der Waals surface area contributed by atoms with Gasteiger partial charge in [0.15, 0.2) is 0 Å². The monoisotopic (exact) mass is 1480 g/mol. The minimum Gasteiger partial charge on any atom is -0.459 e. The molecule has 6 bridgehead atoms. The van der Waals surface area contributed by atoms with Crippen LogP contribution in [-0.4, -0.2) is 94.7 Å². The summed E-state index contributed by atoms with van der Waals surface area (Å²) in [7, 11) is 0. The molecule has 10 aliphatic rings. The van der Waals surface area contributed by atoms with Crippen molar-refractivity contribution in [1.82, 2.24) is 5.32 Å². The lowest BCUT2D eigenvalue weighted by molar-refractivity contribution is -0.265. The number of nitrogens with one attached hydrogen (secondary N) is 1. The van der Waals surface area contributed by atoms with Gasteiger partial charge in [0, 0.05) is 68.4 Å². The molecule has 0 radical (unpaired) electrons. The second kappa shape index (κ2) is 32.2. The number of hydrogen-bond donors (Lipinski definition) is 1. The largest absolute Gasteiger partial charge is 0.459 e. The van der Waals surface area contributed by atoms with E-state index in [1.807, 2.05) is 161 Å². The van der Waals surface area contributed by atoms with Gasteiger partial charge in [0.1, 0.15) is 58.5 Å². The molecule has 15 nitrogen and oxygen atoms in total. The Balaban J connectivity index is 0.000000143. The van der Waals surface area contributed by atoms with Crippen molar-refractivity contribution < 1.29 is 66.7 Å². The minimum atomic E-state index is -0.870. The molecule has 10 fully saturated rings. The van der Waals surface area contributed by atoms with Crippen LogP contribution in [0.3, 0.4) is 0 Å². The number of esters is 5. The van der Waals surface area contributed by atoms with Crippen LogP contribution in [0.4, 0.5) is 0 Å². The Morgan fingerprint density at radius 3 is 1.40 bits per heavy atom. The number of carbonyl (C=O) groups is 6. The van der Waals surface area contributed by atoms with E-state index in [0.29, 0.717) is 67.8 Å². The summed E-state index contributed by atoms with van der Waals surface area (Å²) in [5, 5.41) is 5.47.